The highest BCUT2D eigenvalue weighted by Gasteiger charge is 2.29. The summed E-state index contributed by atoms with van der Waals surface area (Å²) in [6, 6.07) is 13.5. The third-order valence-electron chi connectivity index (χ3n) is 4.25. The number of carbonyl (C=O) groups excluding carboxylic acids is 1. The number of nitrogens with zero attached hydrogens (tertiary/aromatic N) is 1. The predicted molar refractivity (Wildman–Crippen MR) is 99.7 cm³/mol. The lowest BCUT2D eigenvalue weighted by Gasteiger charge is -2.30. The zero-order valence-electron chi connectivity index (χ0n) is 14.8. The third kappa shape index (κ3) is 4.12. The molecule has 1 unspecified atom stereocenters. The van der Waals surface area contributed by atoms with Gasteiger partial charge < -0.3 is 10.1 Å². The molecule has 2 aromatic rings. The average Bonchev–Trinajstić information content (AvgIpc) is 2.62. The van der Waals surface area contributed by atoms with E-state index >= 15 is 0 Å². The summed E-state index contributed by atoms with van der Waals surface area (Å²) >= 11 is 0. The first-order valence-electron chi connectivity index (χ1n) is 8.46. The van der Waals surface area contributed by atoms with E-state index in [4.69, 9.17) is 4.74 Å². The Morgan fingerprint density at radius 1 is 1.19 bits per heavy atom. The van der Waals surface area contributed by atoms with E-state index in [1.807, 2.05) is 26.0 Å². The number of morpholine rings is 1. The second kappa shape index (κ2) is 7.57. The molecule has 3 rings (SSSR count). The van der Waals surface area contributed by atoms with Crippen molar-refractivity contribution in [3.05, 3.63) is 59.7 Å². The SMILES string of the molecule is Cc1ccc(C(=O)Nc2cccc(S(=O)(=O)N3CCOC(C)C3)c2)cc1. The molecule has 0 aromatic heterocycles. The summed E-state index contributed by atoms with van der Waals surface area (Å²) < 4.78 is 32.5. The molecule has 1 fully saturated rings. The normalized spacial score (nSPS) is 18.5. The first-order valence-corrected chi connectivity index (χ1v) is 9.90. The molecule has 1 N–H and O–H groups in total. The molecule has 1 heterocycles. The van der Waals surface area contributed by atoms with Crippen LogP contribution in [0.3, 0.4) is 0 Å². The Kier molecular flexibility index (Phi) is 5.41. The van der Waals surface area contributed by atoms with Crippen LogP contribution in [0.15, 0.2) is 53.4 Å². The number of ether oxygens (including phenoxy) is 1. The highest BCUT2D eigenvalue weighted by Crippen LogP contribution is 2.22. The first kappa shape index (κ1) is 18.6. The van der Waals surface area contributed by atoms with Gasteiger partial charge in [-0.15, -0.1) is 0 Å². The Morgan fingerprint density at radius 3 is 2.62 bits per heavy atom. The number of rotatable bonds is 4. The van der Waals surface area contributed by atoms with Gasteiger partial charge in [-0.1, -0.05) is 23.8 Å². The van der Waals surface area contributed by atoms with Crippen molar-refractivity contribution in [2.24, 2.45) is 0 Å². The highest BCUT2D eigenvalue weighted by atomic mass is 32.2. The molecule has 6 nitrogen and oxygen atoms in total. The molecule has 0 saturated carbocycles. The second-order valence-corrected chi connectivity index (χ2v) is 8.33. The molecule has 0 spiro atoms. The molecule has 1 aliphatic heterocycles. The maximum absolute atomic E-state index is 12.8. The van der Waals surface area contributed by atoms with Crippen molar-refractivity contribution in [2.75, 3.05) is 25.0 Å². The molecular weight excluding hydrogens is 352 g/mol. The van der Waals surface area contributed by atoms with E-state index in [1.165, 1.54) is 16.4 Å². The van der Waals surface area contributed by atoms with E-state index < -0.39 is 10.0 Å². The van der Waals surface area contributed by atoms with E-state index in [-0.39, 0.29) is 16.9 Å². The van der Waals surface area contributed by atoms with Gasteiger partial charge >= 0.3 is 0 Å². The molecule has 1 atom stereocenters. The van der Waals surface area contributed by atoms with Crippen molar-refractivity contribution in [3.8, 4) is 0 Å². The lowest BCUT2D eigenvalue weighted by Crippen LogP contribution is -2.44. The van der Waals surface area contributed by atoms with Gasteiger partial charge in [-0.2, -0.15) is 4.31 Å². The summed E-state index contributed by atoms with van der Waals surface area (Å²) in [5, 5.41) is 2.76. The van der Waals surface area contributed by atoms with Crippen LogP contribution in [0.5, 0.6) is 0 Å². The number of anilines is 1. The third-order valence-corrected chi connectivity index (χ3v) is 6.11. The Bertz CT molecular complexity index is 894. The Labute approximate surface area is 153 Å². The van der Waals surface area contributed by atoms with Crippen molar-refractivity contribution in [3.63, 3.8) is 0 Å². The van der Waals surface area contributed by atoms with Crippen LogP contribution in [0.4, 0.5) is 5.69 Å². The smallest absolute Gasteiger partial charge is 0.255 e. The number of carbonyl (C=O) groups is 1. The summed E-state index contributed by atoms with van der Waals surface area (Å²) in [5.41, 5.74) is 2.03. The predicted octanol–water partition coefficient (Wildman–Crippen LogP) is 2.66. The van der Waals surface area contributed by atoms with E-state index in [9.17, 15) is 13.2 Å². The van der Waals surface area contributed by atoms with Gasteiger partial charge in [0.25, 0.3) is 5.91 Å². The Hall–Kier alpha value is -2.22. The van der Waals surface area contributed by atoms with Crippen LogP contribution in [0, 0.1) is 6.92 Å². The molecule has 1 aliphatic rings. The monoisotopic (exact) mass is 374 g/mol. The minimum absolute atomic E-state index is 0.136. The molecule has 1 saturated heterocycles. The average molecular weight is 374 g/mol. The fraction of sp³-hybridized carbons (Fsp3) is 0.316. The minimum Gasteiger partial charge on any atom is -0.376 e. The molecular formula is C19H22N2O4S. The van der Waals surface area contributed by atoms with Gasteiger partial charge in [0.1, 0.15) is 0 Å². The van der Waals surface area contributed by atoms with Gasteiger partial charge in [0.15, 0.2) is 0 Å². The molecule has 2 aromatic carbocycles. The zero-order chi connectivity index (χ0) is 18.7. The van der Waals surface area contributed by atoms with Gasteiger partial charge in [0.05, 0.1) is 17.6 Å². The van der Waals surface area contributed by atoms with E-state index in [0.29, 0.717) is 30.9 Å². The van der Waals surface area contributed by atoms with Crippen molar-refractivity contribution >= 4 is 21.6 Å². The Morgan fingerprint density at radius 2 is 1.92 bits per heavy atom. The molecule has 26 heavy (non-hydrogen) atoms. The van der Waals surface area contributed by atoms with Crippen LogP contribution < -0.4 is 5.32 Å². The Balaban J connectivity index is 1.79. The van der Waals surface area contributed by atoms with Crippen molar-refractivity contribution in [2.45, 2.75) is 24.8 Å². The topological polar surface area (TPSA) is 75.7 Å². The highest BCUT2D eigenvalue weighted by molar-refractivity contribution is 7.89. The number of benzene rings is 2. The fourth-order valence-electron chi connectivity index (χ4n) is 2.80. The maximum atomic E-state index is 12.8. The molecule has 0 bridgehead atoms. The summed E-state index contributed by atoms with van der Waals surface area (Å²) in [6.07, 6.45) is -0.136. The van der Waals surface area contributed by atoms with Crippen LogP contribution in [-0.2, 0) is 14.8 Å². The van der Waals surface area contributed by atoms with Gasteiger partial charge in [-0.05, 0) is 44.2 Å². The number of hydrogen-bond acceptors (Lipinski definition) is 4. The van der Waals surface area contributed by atoms with Crippen LogP contribution in [0.2, 0.25) is 0 Å². The van der Waals surface area contributed by atoms with Gasteiger partial charge in [-0.3, -0.25) is 4.79 Å². The summed E-state index contributed by atoms with van der Waals surface area (Å²) in [5.74, 6) is -0.278. The lowest BCUT2D eigenvalue weighted by atomic mass is 10.1. The summed E-state index contributed by atoms with van der Waals surface area (Å²) in [6.45, 7) is 4.82. The lowest BCUT2D eigenvalue weighted by molar-refractivity contribution is 0.0102. The van der Waals surface area contributed by atoms with Crippen LogP contribution in [-0.4, -0.2) is 44.4 Å². The molecule has 0 radical (unpaired) electrons. The van der Waals surface area contributed by atoms with E-state index in [2.05, 4.69) is 5.32 Å². The molecule has 1 amide bonds. The van der Waals surface area contributed by atoms with Gasteiger partial charge in [0, 0.05) is 24.3 Å². The fourth-order valence-corrected chi connectivity index (χ4v) is 4.34. The molecule has 138 valence electrons. The number of hydrogen-bond donors (Lipinski definition) is 1. The number of amides is 1. The van der Waals surface area contributed by atoms with E-state index in [1.54, 1.807) is 24.3 Å². The maximum Gasteiger partial charge on any atom is 0.255 e. The molecule has 0 aliphatic carbocycles. The quantitative estimate of drug-likeness (QED) is 0.893. The van der Waals surface area contributed by atoms with Crippen molar-refractivity contribution in [1.29, 1.82) is 0 Å². The number of aryl methyl sites for hydroxylation is 1. The largest absolute Gasteiger partial charge is 0.376 e. The van der Waals surface area contributed by atoms with E-state index in [0.717, 1.165) is 5.56 Å². The summed E-state index contributed by atoms with van der Waals surface area (Å²) in [7, 11) is -3.62. The van der Waals surface area contributed by atoms with Crippen LogP contribution >= 0.6 is 0 Å². The van der Waals surface area contributed by atoms with Gasteiger partial charge in [-0.25, -0.2) is 8.42 Å². The van der Waals surface area contributed by atoms with Crippen LogP contribution in [0.25, 0.3) is 0 Å². The summed E-state index contributed by atoms with van der Waals surface area (Å²) in [4.78, 5) is 12.5. The minimum atomic E-state index is -3.62. The second-order valence-electron chi connectivity index (χ2n) is 6.39. The standard InChI is InChI=1S/C19H22N2O4S/c1-14-6-8-16(9-7-14)19(22)20-17-4-3-5-18(12-17)26(23,24)21-10-11-25-15(2)13-21/h3-9,12,15H,10-11,13H2,1-2H3,(H,20,22). The number of sulfonamides is 1. The first-order chi connectivity index (χ1) is 12.4. The number of nitrogens with one attached hydrogen (secondary N) is 1. The van der Waals surface area contributed by atoms with Gasteiger partial charge in [0.2, 0.25) is 10.0 Å². The molecule has 7 heteroatoms. The van der Waals surface area contributed by atoms with Crippen molar-refractivity contribution < 1.29 is 17.9 Å². The van der Waals surface area contributed by atoms with Crippen LogP contribution in [0.1, 0.15) is 22.8 Å². The zero-order valence-corrected chi connectivity index (χ0v) is 15.6. The van der Waals surface area contributed by atoms with Crippen molar-refractivity contribution in [1.82, 2.24) is 4.31 Å².